The van der Waals surface area contributed by atoms with Gasteiger partial charge in [0.05, 0.1) is 0 Å². The van der Waals surface area contributed by atoms with Crippen LogP contribution in [0.1, 0.15) is 23.6 Å². The van der Waals surface area contributed by atoms with Crippen LogP contribution in [-0.2, 0) is 0 Å². The highest BCUT2D eigenvalue weighted by molar-refractivity contribution is 5.78. The molecule has 0 aromatic heterocycles. The Kier molecular flexibility index (Phi) is 4.73. The van der Waals surface area contributed by atoms with Crippen molar-refractivity contribution in [2.75, 3.05) is 0 Å². The van der Waals surface area contributed by atoms with E-state index >= 15 is 0 Å². The Bertz CT molecular complexity index is 647. The van der Waals surface area contributed by atoms with E-state index in [2.05, 4.69) is 74.2 Å². The summed E-state index contributed by atoms with van der Waals surface area (Å²) in [7, 11) is 0. The quantitative estimate of drug-likeness (QED) is 0.658. The van der Waals surface area contributed by atoms with E-state index < -0.39 is 0 Å². The average Bonchev–Trinajstić information content (AvgIpc) is 2.71. The number of benzene rings is 1. The second kappa shape index (κ2) is 6.72. The Hall–Kier alpha value is -2.34. The van der Waals surface area contributed by atoms with Gasteiger partial charge in [0.15, 0.2) is 0 Å². The third-order valence-corrected chi connectivity index (χ3v) is 3.33. The van der Waals surface area contributed by atoms with E-state index in [0.717, 1.165) is 0 Å². The lowest BCUT2D eigenvalue weighted by Crippen LogP contribution is -1.86. The lowest BCUT2D eigenvalue weighted by atomic mass is 9.99. The Labute approximate surface area is 121 Å². The van der Waals surface area contributed by atoms with Crippen LogP contribution in [0.25, 0.3) is 11.6 Å². The maximum Gasteiger partial charge on any atom is -0.0178 e. The van der Waals surface area contributed by atoms with Crippen molar-refractivity contribution < 1.29 is 0 Å². The van der Waals surface area contributed by atoms with Crippen LogP contribution < -0.4 is 0 Å². The summed E-state index contributed by atoms with van der Waals surface area (Å²) in [5.41, 5.74) is 6.08. The molecule has 1 aromatic carbocycles. The predicted octanol–water partition coefficient (Wildman–Crippen LogP) is 5.65. The molecule has 1 aliphatic rings. The highest BCUT2D eigenvalue weighted by Gasteiger charge is 2.02. The first kappa shape index (κ1) is 14.1. The Morgan fingerprint density at radius 1 is 1.10 bits per heavy atom. The number of rotatable bonds is 3. The highest BCUT2D eigenvalue weighted by atomic mass is 14.1. The molecule has 20 heavy (non-hydrogen) atoms. The molecule has 0 nitrogen and oxygen atoms in total. The molecule has 0 heteroatoms. The molecule has 100 valence electrons. The molecule has 1 aromatic rings. The van der Waals surface area contributed by atoms with Gasteiger partial charge in [0, 0.05) is 0 Å². The summed E-state index contributed by atoms with van der Waals surface area (Å²) in [5.74, 6) is 0. The van der Waals surface area contributed by atoms with Crippen LogP contribution in [-0.4, -0.2) is 0 Å². The molecule has 0 bridgehead atoms. The summed E-state index contributed by atoms with van der Waals surface area (Å²) in [5, 5.41) is 0. The van der Waals surface area contributed by atoms with E-state index in [1.807, 2.05) is 19.1 Å². The Morgan fingerprint density at radius 2 is 1.95 bits per heavy atom. The minimum absolute atomic E-state index is 1.19. The van der Waals surface area contributed by atoms with Crippen molar-refractivity contribution in [2.24, 2.45) is 0 Å². The van der Waals surface area contributed by atoms with Gasteiger partial charge in [0.2, 0.25) is 0 Å². The maximum absolute atomic E-state index is 3.87. The van der Waals surface area contributed by atoms with Crippen molar-refractivity contribution in [2.45, 2.75) is 13.8 Å². The lowest BCUT2D eigenvalue weighted by molar-refractivity contribution is 1.43. The zero-order valence-electron chi connectivity index (χ0n) is 12.1. The van der Waals surface area contributed by atoms with Gasteiger partial charge < -0.3 is 0 Å². The van der Waals surface area contributed by atoms with E-state index in [-0.39, 0.29) is 0 Å². The largest absolute Gasteiger partial charge is 0.0985 e. The molecule has 0 saturated carbocycles. The van der Waals surface area contributed by atoms with E-state index in [0.29, 0.717) is 0 Å². The minimum Gasteiger partial charge on any atom is -0.0985 e. The molecule has 0 unspecified atom stereocenters. The van der Waals surface area contributed by atoms with Crippen LogP contribution >= 0.6 is 0 Å². The maximum atomic E-state index is 3.87. The molecule has 0 amide bonds. The molecular formula is C20H20. The molecule has 0 radical (unpaired) electrons. The fourth-order valence-corrected chi connectivity index (χ4v) is 2.11. The van der Waals surface area contributed by atoms with Crippen LogP contribution in [0.3, 0.4) is 0 Å². The third-order valence-electron chi connectivity index (χ3n) is 3.33. The summed E-state index contributed by atoms with van der Waals surface area (Å²) in [4.78, 5) is 0. The van der Waals surface area contributed by atoms with Gasteiger partial charge >= 0.3 is 0 Å². The highest BCUT2D eigenvalue weighted by Crippen LogP contribution is 2.23. The van der Waals surface area contributed by atoms with Crippen molar-refractivity contribution in [3.8, 4) is 0 Å². The standard InChI is InChI=1S/C20H20/c1-4-6-8-17-9-7-10-19(14-12-17)20-13-11-16(3)18(5-2)15-20/h4-15H,2H2,1,3H3/b6-4-,17-8+. The van der Waals surface area contributed by atoms with Gasteiger partial charge in [-0.2, -0.15) is 0 Å². The van der Waals surface area contributed by atoms with E-state index in [1.165, 1.54) is 27.8 Å². The van der Waals surface area contributed by atoms with Crippen molar-refractivity contribution in [3.05, 3.63) is 95.6 Å². The van der Waals surface area contributed by atoms with Crippen molar-refractivity contribution in [1.82, 2.24) is 0 Å². The smallest absolute Gasteiger partial charge is 0.0178 e. The second-order valence-corrected chi connectivity index (χ2v) is 4.78. The summed E-state index contributed by atoms with van der Waals surface area (Å²) in [6.07, 6.45) is 18.8. The number of allylic oxidation sites excluding steroid dienone is 10. The average molecular weight is 260 g/mol. The lowest BCUT2D eigenvalue weighted by Gasteiger charge is -2.06. The number of aryl methyl sites for hydroxylation is 1. The van der Waals surface area contributed by atoms with Crippen LogP contribution in [0.5, 0.6) is 0 Å². The Balaban J connectivity index is 2.33. The molecule has 0 aliphatic heterocycles. The summed E-state index contributed by atoms with van der Waals surface area (Å²) >= 11 is 0. The Morgan fingerprint density at radius 3 is 2.70 bits per heavy atom. The fraction of sp³-hybridized carbons (Fsp3) is 0.100. The number of hydrogen-bond acceptors (Lipinski definition) is 0. The van der Waals surface area contributed by atoms with Crippen molar-refractivity contribution >= 4 is 11.6 Å². The van der Waals surface area contributed by atoms with Crippen molar-refractivity contribution in [3.63, 3.8) is 0 Å². The molecule has 0 fully saturated rings. The molecular weight excluding hydrogens is 240 g/mol. The van der Waals surface area contributed by atoms with E-state index in [4.69, 9.17) is 0 Å². The third kappa shape index (κ3) is 3.36. The molecule has 0 atom stereocenters. The van der Waals surface area contributed by atoms with Crippen molar-refractivity contribution in [1.29, 1.82) is 0 Å². The van der Waals surface area contributed by atoms with Gasteiger partial charge in [-0.25, -0.2) is 0 Å². The summed E-state index contributed by atoms with van der Waals surface area (Å²) in [6.45, 7) is 8.00. The van der Waals surface area contributed by atoms with Gasteiger partial charge in [0.25, 0.3) is 0 Å². The number of hydrogen-bond donors (Lipinski definition) is 0. The molecule has 1 aliphatic carbocycles. The minimum atomic E-state index is 1.19. The zero-order valence-corrected chi connectivity index (χ0v) is 12.1. The fourth-order valence-electron chi connectivity index (χ4n) is 2.11. The van der Waals surface area contributed by atoms with Gasteiger partial charge in [-0.1, -0.05) is 73.4 Å². The summed E-state index contributed by atoms with van der Waals surface area (Å²) < 4.78 is 0. The SMILES string of the molecule is C=Cc1cc(C2=CC=C/C(=C\C=C/C)C=C2)ccc1C. The van der Waals surface area contributed by atoms with E-state index in [9.17, 15) is 0 Å². The van der Waals surface area contributed by atoms with Gasteiger partial charge in [-0.05, 0) is 47.8 Å². The van der Waals surface area contributed by atoms with Crippen LogP contribution in [0.15, 0.2) is 79.0 Å². The van der Waals surface area contributed by atoms with E-state index in [1.54, 1.807) is 0 Å². The zero-order chi connectivity index (χ0) is 14.4. The topological polar surface area (TPSA) is 0 Å². The van der Waals surface area contributed by atoms with Crippen LogP contribution in [0.2, 0.25) is 0 Å². The summed E-state index contributed by atoms with van der Waals surface area (Å²) in [6, 6.07) is 6.49. The molecule has 2 rings (SSSR count). The van der Waals surface area contributed by atoms with Gasteiger partial charge in [-0.3, -0.25) is 0 Å². The first-order valence-corrected chi connectivity index (χ1v) is 6.87. The van der Waals surface area contributed by atoms with Gasteiger partial charge in [0.1, 0.15) is 0 Å². The molecule has 0 N–H and O–H groups in total. The first-order chi connectivity index (χ1) is 9.74. The normalized spacial score (nSPS) is 16.5. The monoisotopic (exact) mass is 260 g/mol. The second-order valence-electron chi connectivity index (χ2n) is 4.78. The molecule has 0 spiro atoms. The van der Waals surface area contributed by atoms with Crippen LogP contribution in [0.4, 0.5) is 0 Å². The first-order valence-electron chi connectivity index (χ1n) is 6.87. The predicted molar refractivity (Wildman–Crippen MR) is 90.4 cm³/mol. The van der Waals surface area contributed by atoms with Gasteiger partial charge in [-0.15, -0.1) is 0 Å². The van der Waals surface area contributed by atoms with Crippen LogP contribution in [0, 0.1) is 6.92 Å². The molecule has 0 saturated heterocycles. The molecule has 0 heterocycles.